The maximum absolute atomic E-state index is 10.7. The molecule has 3 N–H and O–H groups in total. The molecule has 0 unspecified atom stereocenters. The number of hydrogen-bond donors (Lipinski definition) is 2. The van der Waals surface area contributed by atoms with E-state index in [9.17, 15) is 4.79 Å². The van der Waals surface area contributed by atoms with Crippen LogP contribution in [0.4, 0.5) is 11.4 Å². The number of aliphatic carboxylic acids is 1. The number of pyridine rings is 1. The summed E-state index contributed by atoms with van der Waals surface area (Å²) in [5.74, 6) is -0.868. The average molecular weight is 231 g/mol. The fraction of sp³-hybridized carbons (Fsp3) is 0.167. The van der Waals surface area contributed by atoms with Crippen LogP contribution in [0.25, 0.3) is 10.9 Å². The van der Waals surface area contributed by atoms with Crippen LogP contribution in [0, 0.1) is 0 Å². The van der Waals surface area contributed by atoms with Gasteiger partial charge in [-0.05, 0) is 24.3 Å². The quantitative estimate of drug-likeness (QED) is 0.779. The Hall–Kier alpha value is -2.30. The van der Waals surface area contributed by atoms with Gasteiger partial charge in [0, 0.05) is 30.0 Å². The lowest BCUT2D eigenvalue weighted by Gasteiger charge is -2.18. The number of rotatable bonds is 3. The van der Waals surface area contributed by atoms with Crippen LogP contribution in [-0.4, -0.2) is 29.7 Å². The van der Waals surface area contributed by atoms with Crippen LogP contribution in [0.3, 0.4) is 0 Å². The Morgan fingerprint density at radius 3 is 2.94 bits per heavy atom. The minimum atomic E-state index is -0.868. The van der Waals surface area contributed by atoms with E-state index in [2.05, 4.69) is 4.98 Å². The molecule has 0 aliphatic rings. The number of nitrogen functional groups attached to an aromatic ring is 1. The summed E-state index contributed by atoms with van der Waals surface area (Å²) in [5.41, 5.74) is 7.92. The normalized spacial score (nSPS) is 10.4. The largest absolute Gasteiger partial charge is 0.480 e. The molecule has 0 amide bonds. The molecule has 0 atom stereocenters. The van der Waals surface area contributed by atoms with Gasteiger partial charge in [0.2, 0.25) is 0 Å². The lowest BCUT2D eigenvalue weighted by molar-refractivity contribution is -0.135. The fourth-order valence-electron chi connectivity index (χ4n) is 1.77. The molecule has 5 nitrogen and oxygen atoms in total. The first-order chi connectivity index (χ1) is 8.08. The summed E-state index contributed by atoms with van der Waals surface area (Å²) < 4.78 is 0. The van der Waals surface area contributed by atoms with E-state index in [1.54, 1.807) is 36.3 Å². The van der Waals surface area contributed by atoms with E-state index < -0.39 is 5.97 Å². The molecule has 1 aromatic carbocycles. The number of carbonyl (C=O) groups is 1. The number of anilines is 2. The highest BCUT2D eigenvalue weighted by Crippen LogP contribution is 2.25. The van der Waals surface area contributed by atoms with E-state index in [0.29, 0.717) is 5.69 Å². The van der Waals surface area contributed by atoms with Gasteiger partial charge in [0.1, 0.15) is 6.54 Å². The van der Waals surface area contributed by atoms with Crippen LogP contribution in [0.2, 0.25) is 0 Å². The molecule has 1 heterocycles. The first-order valence-electron chi connectivity index (χ1n) is 5.15. The first kappa shape index (κ1) is 11.2. The van der Waals surface area contributed by atoms with Gasteiger partial charge in [-0.15, -0.1) is 0 Å². The number of fused-ring (bicyclic) bond motifs is 1. The van der Waals surface area contributed by atoms with E-state index in [1.807, 2.05) is 6.07 Å². The van der Waals surface area contributed by atoms with Crippen LogP contribution in [-0.2, 0) is 4.79 Å². The molecular formula is C12H13N3O2. The molecule has 0 bridgehead atoms. The van der Waals surface area contributed by atoms with Crippen molar-refractivity contribution in [2.45, 2.75) is 0 Å². The third-order valence-electron chi connectivity index (χ3n) is 2.53. The Kier molecular flexibility index (Phi) is 2.82. The first-order valence-corrected chi connectivity index (χ1v) is 5.15. The maximum Gasteiger partial charge on any atom is 0.323 e. The van der Waals surface area contributed by atoms with Crippen LogP contribution in [0.1, 0.15) is 0 Å². The summed E-state index contributed by atoms with van der Waals surface area (Å²) in [6.07, 6.45) is 1.65. The fourth-order valence-corrected chi connectivity index (χ4v) is 1.77. The molecular weight excluding hydrogens is 218 g/mol. The molecule has 0 saturated carbocycles. The molecule has 2 rings (SSSR count). The highest BCUT2D eigenvalue weighted by Gasteiger charge is 2.09. The van der Waals surface area contributed by atoms with Crippen LogP contribution >= 0.6 is 0 Å². The van der Waals surface area contributed by atoms with Crippen molar-refractivity contribution in [3.05, 3.63) is 30.5 Å². The van der Waals surface area contributed by atoms with Gasteiger partial charge >= 0.3 is 5.97 Å². The monoisotopic (exact) mass is 231 g/mol. The standard InChI is InChI=1S/C12H13N3O2/c1-15(7-12(16)17)11-4-5-14-10-6-8(13)2-3-9(10)11/h2-6H,7,13H2,1H3,(H,16,17). The lowest BCUT2D eigenvalue weighted by atomic mass is 10.1. The number of hydrogen-bond acceptors (Lipinski definition) is 4. The summed E-state index contributed by atoms with van der Waals surface area (Å²) in [4.78, 5) is 16.6. The average Bonchev–Trinajstić information content (AvgIpc) is 2.26. The van der Waals surface area contributed by atoms with E-state index >= 15 is 0 Å². The molecule has 2 aromatic rings. The maximum atomic E-state index is 10.7. The van der Waals surface area contributed by atoms with Gasteiger partial charge in [0.25, 0.3) is 0 Å². The van der Waals surface area contributed by atoms with Crippen LogP contribution < -0.4 is 10.6 Å². The number of carboxylic acids is 1. The molecule has 0 spiro atoms. The highest BCUT2D eigenvalue weighted by atomic mass is 16.4. The van der Waals surface area contributed by atoms with E-state index in [1.165, 1.54) is 0 Å². The predicted molar refractivity (Wildman–Crippen MR) is 67.1 cm³/mol. The Bertz CT molecular complexity index is 569. The number of likely N-dealkylation sites (N-methyl/N-ethyl adjacent to an activating group) is 1. The third kappa shape index (κ3) is 2.28. The Morgan fingerprint density at radius 1 is 1.47 bits per heavy atom. The summed E-state index contributed by atoms with van der Waals surface area (Å²) in [7, 11) is 1.74. The molecule has 0 radical (unpaired) electrons. The molecule has 5 heteroatoms. The summed E-state index contributed by atoms with van der Waals surface area (Å²) in [6, 6.07) is 7.20. The van der Waals surface area contributed by atoms with Gasteiger partial charge in [0.15, 0.2) is 0 Å². The zero-order valence-electron chi connectivity index (χ0n) is 9.42. The predicted octanol–water partition coefficient (Wildman–Crippen LogP) is 1.34. The third-order valence-corrected chi connectivity index (χ3v) is 2.53. The van der Waals surface area contributed by atoms with Crippen molar-refractivity contribution < 1.29 is 9.90 Å². The molecule has 0 aliphatic carbocycles. The number of nitrogens with zero attached hydrogens (tertiary/aromatic N) is 2. The highest BCUT2D eigenvalue weighted by molar-refractivity contribution is 5.94. The minimum Gasteiger partial charge on any atom is -0.480 e. The second-order valence-corrected chi connectivity index (χ2v) is 3.86. The van der Waals surface area contributed by atoms with E-state index in [0.717, 1.165) is 16.6 Å². The zero-order valence-corrected chi connectivity index (χ0v) is 9.42. The lowest BCUT2D eigenvalue weighted by Crippen LogP contribution is -2.25. The van der Waals surface area contributed by atoms with E-state index in [4.69, 9.17) is 10.8 Å². The minimum absolute atomic E-state index is 0.0521. The van der Waals surface area contributed by atoms with Crippen molar-refractivity contribution in [3.8, 4) is 0 Å². The van der Waals surface area contributed by atoms with Crippen LogP contribution in [0.5, 0.6) is 0 Å². The Morgan fingerprint density at radius 2 is 2.24 bits per heavy atom. The Balaban J connectivity index is 2.50. The number of aromatic nitrogens is 1. The van der Waals surface area contributed by atoms with Crippen molar-refractivity contribution in [2.24, 2.45) is 0 Å². The van der Waals surface area contributed by atoms with Gasteiger partial charge < -0.3 is 15.7 Å². The van der Waals surface area contributed by atoms with Gasteiger partial charge in [-0.25, -0.2) is 0 Å². The molecule has 1 aromatic heterocycles. The van der Waals surface area contributed by atoms with Gasteiger partial charge in [0.05, 0.1) is 5.52 Å². The number of nitrogens with two attached hydrogens (primary N) is 1. The van der Waals surface area contributed by atoms with Crippen molar-refractivity contribution in [3.63, 3.8) is 0 Å². The van der Waals surface area contributed by atoms with Gasteiger partial charge in [-0.3, -0.25) is 9.78 Å². The van der Waals surface area contributed by atoms with Gasteiger partial charge in [-0.1, -0.05) is 0 Å². The second kappa shape index (κ2) is 4.29. The molecule has 0 aliphatic heterocycles. The summed E-state index contributed by atoms with van der Waals surface area (Å²) in [6.45, 7) is -0.0521. The number of benzene rings is 1. The zero-order chi connectivity index (χ0) is 12.4. The van der Waals surface area contributed by atoms with Crippen molar-refractivity contribution in [2.75, 3.05) is 24.2 Å². The van der Waals surface area contributed by atoms with E-state index in [-0.39, 0.29) is 6.54 Å². The SMILES string of the molecule is CN(CC(=O)O)c1ccnc2cc(N)ccc12. The smallest absolute Gasteiger partial charge is 0.323 e. The van der Waals surface area contributed by atoms with Crippen molar-refractivity contribution in [1.29, 1.82) is 0 Å². The van der Waals surface area contributed by atoms with Gasteiger partial charge in [-0.2, -0.15) is 0 Å². The summed E-state index contributed by atoms with van der Waals surface area (Å²) in [5, 5.41) is 9.68. The second-order valence-electron chi connectivity index (χ2n) is 3.86. The molecule has 17 heavy (non-hydrogen) atoms. The number of carboxylic acid groups (broad SMARTS) is 1. The molecule has 88 valence electrons. The van der Waals surface area contributed by atoms with Crippen LogP contribution in [0.15, 0.2) is 30.5 Å². The molecule has 0 fully saturated rings. The van der Waals surface area contributed by atoms with Crippen molar-refractivity contribution >= 4 is 28.2 Å². The molecule has 0 saturated heterocycles. The Labute approximate surface area is 98.5 Å². The topological polar surface area (TPSA) is 79.5 Å². The van der Waals surface area contributed by atoms with Crippen molar-refractivity contribution in [1.82, 2.24) is 4.98 Å². The summed E-state index contributed by atoms with van der Waals surface area (Å²) >= 11 is 0.